The van der Waals surface area contributed by atoms with Gasteiger partial charge in [0.05, 0.1) is 33.5 Å². The van der Waals surface area contributed by atoms with E-state index in [1.54, 1.807) is 30.5 Å². The number of aromatic nitrogens is 1. The molecule has 0 saturated carbocycles. The molecule has 2 aromatic carbocycles. The van der Waals surface area contributed by atoms with E-state index in [0.717, 1.165) is 5.39 Å². The summed E-state index contributed by atoms with van der Waals surface area (Å²) in [5.41, 5.74) is 1.87. The second-order valence-electron chi connectivity index (χ2n) is 4.43. The first-order valence-corrected chi connectivity index (χ1v) is 6.57. The Morgan fingerprint density at radius 3 is 2.71 bits per heavy atom. The highest BCUT2D eigenvalue weighted by molar-refractivity contribution is 6.35. The van der Waals surface area contributed by atoms with Crippen LogP contribution in [0.1, 0.15) is 5.56 Å². The van der Waals surface area contributed by atoms with E-state index in [9.17, 15) is 4.39 Å². The number of rotatable bonds is 2. The van der Waals surface area contributed by atoms with Gasteiger partial charge in [-0.2, -0.15) is 5.26 Å². The first-order chi connectivity index (χ1) is 10.2. The van der Waals surface area contributed by atoms with Crippen molar-refractivity contribution in [1.82, 2.24) is 4.98 Å². The van der Waals surface area contributed by atoms with Crippen LogP contribution in [0, 0.1) is 17.1 Å². The van der Waals surface area contributed by atoms with Gasteiger partial charge in [0, 0.05) is 11.6 Å². The monoisotopic (exact) mass is 297 g/mol. The first-order valence-electron chi connectivity index (χ1n) is 6.19. The van der Waals surface area contributed by atoms with E-state index < -0.39 is 5.82 Å². The molecule has 1 aromatic heterocycles. The van der Waals surface area contributed by atoms with Gasteiger partial charge < -0.3 is 5.32 Å². The number of nitrogens with one attached hydrogen (secondary N) is 1. The van der Waals surface area contributed by atoms with Gasteiger partial charge in [-0.15, -0.1) is 0 Å². The van der Waals surface area contributed by atoms with Gasteiger partial charge in [-0.3, -0.25) is 4.98 Å². The molecular weight excluding hydrogens is 289 g/mol. The number of nitrogens with zero attached hydrogens (tertiary/aromatic N) is 2. The molecule has 0 bridgehead atoms. The van der Waals surface area contributed by atoms with Crippen LogP contribution in [0.4, 0.5) is 15.8 Å². The van der Waals surface area contributed by atoms with Crippen LogP contribution in [0.2, 0.25) is 5.02 Å². The second-order valence-corrected chi connectivity index (χ2v) is 4.83. The summed E-state index contributed by atoms with van der Waals surface area (Å²) in [7, 11) is 0. The molecule has 0 radical (unpaired) electrons. The molecule has 0 atom stereocenters. The number of nitriles is 1. The summed E-state index contributed by atoms with van der Waals surface area (Å²) in [6.45, 7) is 0. The first kappa shape index (κ1) is 13.3. The second kappa shape index (κ2) is 5.39. The maximum Gasteiger partial charge on any atom is 0.147 e. The SMILES string of the molecule is N#Cc1ccc(Nc2ccc(Cl)c3cccnc23)c(F)c1. The minimum absolute atomic E-state index is 0.275. The van der Waals surface area contributed by atoms with Gasteiger partial charge in [-0.05, 0) is 42.5 Å². The van der Waals surface area contributed by atoms with Gasteiger partial charge in [0.15, 0.2) is 0 Å². The van der Waals surface area contributed by atoms with E-state index in [1.807, 2.05) is 12.1 Å². The molecule has 0 saturated heterocycles. The molecule has 21 heavy (non-hydrogen) atoms. The van der Waals surface area contributed by atoms with Crippen LogP contribution in [-0.4, -0.2) is 4.98 Å². The van der Waals surface area contributed by atoms with Gasteiger partial charge in [-0.1, -0.05) is 11.6 Å². The number of pyridine rings is 1. The fourth-order valence-corrected chi connectivity index (χ4v) is 2.29. The van der Waals surface area contributed by atoms with Crippen LogP contribution < -0.4 is 5.32 Å². The van der Waals surface area contributed by atoms with E-state index >= 15 is 0 Å². The average molecular weight is 298 g/mol. The largest absolute Gasteiger partial charge is 0.351 e. The third-order valence-corrected chi connectivity index (χ3v) is 3.41. The lowest BCUT2D eigenvalue weighted by molar-refractivity contribution is 0.631. The van der Waals surface area contributed by atoms with Gasteiger partial charge in [0.2, 0.25) is 0 Å². The summed E-state index contributed by atoms with van der Waals surface area (Å²) in [4.78, 5) is 4.28. The van der Waals surface area contributed by atoms with Crippen LogP contribution in [0.25, 0.3) is 10.9 Å². The van der Waals surface area contributed by atoms with Crippen molar-refractivity contribution in [1.29, 1.82) is 5.26 Å². The van der Waals surface area contributed by atoms with Crippen LogP contribution in [-0.2, 0) is 0 Å². The number of hydrogen-bond acceptors (Lipinski definition) is 3. The zero-order valence-electron chi connectivity index (χ0n) is 10.8. The molecule has 0 amide bonds. The number of benzene rings is 2. The average Bonchev–Trinajstić information content (AvgIpc) is 2.52. The lowest BCUT2D eigenvalue weighted by atomic mass is 10.1. The molecule has 0 spiro atoms. The highest BCUT2D eigenvalue weighted by Crippen LogP contribution is 2.30. The van der Waals surface area contributed by atoms with Crippen LogP contribution in [0.5, 0.6) is 0 Å². The van der Waals surface area contributed by atoms with Gasteiger partial charge in [0.1, 0.15) is 5.82 Å². The van der Waals surface area contributed by atoms with Gasteiger partial charge >= 0.3 is 0 Å². The van der Waals surface area contributed by atoms with E-state index in [4.69, 9.17) is 16.9 Å². The molecule has 3 rings (SSSR count). The fourth-order valence-electron chi connectivity index (χ4n) is 2.07. The van der Waals surface area contributed by atoms with Crippen molar-refractivity contribution in [2.75, 3.05) is 5.32 Å². The Kier molecular flexibility index (Phi) is 3.43. The van der Waals surface area contributed by atoms with E-state index in [2.05, 4.69) is 10.3 Å². The molecule has 1 N–H and O–H groups in total. The van der Waals surface area contributed by atoms with Crippen molar-refractivity contribution in [3.8, 4) is 6.07 Å². The van der Waals surface area contributed by atoms with Crippen molar-refractivity contribution in [2.45, 2.75) is 0 Å². The summed E-state index contributed by atoms with van der Waals surface area (Å²) in [6, 6.07) is 13.3. The van der Waals surface area contributed by atoms with Crippen molar-refractivity contribution in [2.24, 2.45) is 0 Å². The van der Waals surface area contributed by atoms with E-state index in [1.165, 1.54) is 12.1 Å². The number of fused-ring (bicyclic) bond motifs is 1. The third kappa shape index (κ3) is 2.51. The number of halogens is 2. The van der Waals surface area contributed by atoms with Crippen molar-refractivity contribution >= 4 is 33.9 Å². The smallest absolute Gasteiger partial charge is 0.147 e. The molecule has 5 heteroatoms. The lowest BCUT2D eigenvalue weighted by Gasteiger charge is -2.11. The molecular formula is C16H9ClFN3. The van der Waals surface area contributed by atoms with Crippen LogP contribution >= 0.6 is 11.6 Å². The Hall–Kier alpha value is -2.64. The molecule has 0 fully saturated rings. The van der Waals surface area contributed by atoms with Crippen molar-refractivity contribution in [3.63, 3.8) is 0 Å². The molecule has 0 aliphatic rings. The fraction of sp³-hybridized carbons (Fsp3) is 0. The molecule has 1 heterocycles. The minimum atomic E-state index is -0.493. The molecule has 102 valence electrons. The minimum Gasteiger partial charge on any atom is -0.351 e. The Morgan fingerprint density at radius 1 is 1.14 bits per heavy atom. The third-order valence-electron chi connectivity index (χ3n) is 3.08. The number of anilines is 2. The zero-order valence-corrected chi connectivity index (χ0v) is 11.5. The maximum absolute atomic E-state index is 13.9. The molecule has 3 nitrogen and oxygen atoms in total. The highest BCUT2D eigenvalue weighted by Gasteiger charge is 2.09. The Bertz CT molecular complexity index is 871. The number of hydrogen-bond donors (Lipinski definition) is 1. The summed E-state index contributed by atoms with van der Waals surface area (Å²) in [5.74, 6) is -0.493. The quantitative estimate of drug-likeness (QED) is 0.749. The Balaban J connectivity index is 2.07. The maximum atomic E-state index is 13.9. The Morgan fingerprint density at radius 2 is 1.95 bits per heavy atom. The predicted octanol–water partition coefficient (Wildman–Crippen LogP) is 4.64. The van der Waals surface area contributed by atoms with E-state index in [-0.39, 0.29) is 11.3 Å². The highest BCUT2D eigenvalue weighted by atomic mass is 35.5. The van der Waals surface area contributed by atoms with Crippen molar-refractivity contribution < 1.29 is 4.39 Å². The molecule has 0 aliphatic heterocycles. The zero-order chi connectivity index (χ0) is 14.8. The topological polar surface area (TPSA) is 48.7 Å². The standard InChI is InChI=1S/C16H9ClFN3/c17-12-4-6-15(16-11(12)2-1-7-20-16)21-14-5-3-10(9-19)8-13(14)18/h1-8,21H. The van der Waals surface area contributed by atoms with Gasteiger partial charge in [0.25, 0.3) is 0 Å². The Labute approximate surface area is 125 Å². The lowest BCUT2D eigenvalue weighted by Crippen LogP contribution is -1.96. The van der Waals surface area contributed by atoms with Crippen LogP contribution in [0.3, 0.4) is 0 Å². The van der Waals surface area contributed by atoms with E-state index in [0.29, 0.717) is 16.2 Å². The summed E-state index contributed by atoms with van der Waals surface area (Å²) in [5, 5.41) is 13.1. The summed E-state index contributed by atoms with van der Waals surface area (Å²) < 4.78 is 13.9. The summed E-state index contributed by atoms with van der Waals surface area (Å²) >= 11 is 6.12. The molecule has 0 aliphatic carbocycles. The predicted molar refractivity (Wildman–Crippen MR) is 81.2 cm³/mol. The summed E-state index contributed by atoms with van der Waals surface area (Å²) in [6.07, 6.45) is 1.65. The normalized spacial score (nSPS) is 10.3. The molecule has 0 unspecified atom stereocenters. The van der Waals surface area contributed by atoms with Crippen molar-refractivity contribution in [3.05, 3.63) is 65.1 Å². The van der Waals surface area contributed by atoms with Crippen LogP contribution in [0.15, 0.2) is 48.7 Å². The van der Waals surface area contributed by atoms with Gasteiger partial charge in [-0.25, -0.2) is 4.39 Å². The molecule has 3 aromatic rings.